The summed E-state index contributed by atoms with van der Waals surface area (Å²) < 4.78 is 27.1. The van der Waals surface area contributed by atoms with E-state index >= 15 is 0 Å². The van der Waals surface area contributed by atoms with E-state index in [1.54, 1.807) is 30.3 Å². The number of benzene rings is 3. The summed E-state index contributed by atoms with van der Waals surface area (Å²) in [5.41, 5.74) is 2.46. The zero-order chi connectivity index (χ0) is 19.6. The molecule has 0 saturated heterocycles. The predicted octanol–water partition coefficient (Wildman–Crippen LogP) is 4.46. The lowest BCUT2D eigenvalue weighted by Gasteiger charge is -2.33. The lowest BCUT2D eigenvalue weighted by Crippen LogP contribution is -2.34. The molecule has 0 spiro atoms. The van der Waals surface area contributed by atoms with E-state index in [9.17, 15) is 13.5 Å². The Hall–Kier alpha value is -2.69. The smallest absolute Gasteiger partial charge is 0.185 e. The maximum atomic E-state index is 13.5. The largest absolute Gasteiger partial charge is 0.388 e. The highest BCUT2D eigenvalue weighted by molar-refractivity contribution is 7.92. The van der Waals surface area contributed by atoms with Crippen molar-refractivity contribution in [3.05, 3.63) is 108 Å². The number of hydrogen-bond acceptors (Lipinski definition) is 3. The molecule has 0 unspecified atom stereocenters. The molecule has 3 aromatic carbocycles. The molecule has 142 valence electrons. The Morgan fingerprint density at radius 2 is 1.29 bits per heavy atom. The van der Waals surface area contributed by atoms with Crippen molar-refractivity contribution >= 4 is 15.4 Å². The number of sulfone groups is 1. The molecule has 0 aliphatic heterocycles. The average Bonchev–Trinajstić information content (AvgIpc) is 2.75. The molecule has 1 aliphatic rings. The molecule has 0 saturated carbocycles. The van der Waals surface area contributed by atoms with E-state index in [1.165, 1.54) is 0 Å². The summed E-state index contributed by atoms with van der Waals surface area (Å²) in [7, 11) is -3.61. The molecular weight excluding hydrogens is 368 g/mol. The van der Waals surface area contributed by atoms with Gasteiger partial charge in [0, 0.05) is 5.92 Å². The lowest BCUT2D eigenvalue weighted by molar-refractivity contribution is 0.205. The van der Waals surface area contributed by atoms with E-state index < -0.39 is 21.2 Å². The Labute approximate surface area is 165 Å². The monoisotopic (exact) mass is 390 g/mol. The van der Waals surface area contributed by atoms with Crippen molar-refractivity contribution in [2.45, 2.75) is 28.6 Å². The van der Waals surface area contributed by atoms with Gasteiger partial charge in [0.1, 0.15) is 0 Å². The first-order valence-electron chi connectivity index (χ1n) is 9.36. The maximum absolute atomic E-state index is 13.5. The number of aliphatic hydroxyl groups is 1. The average molecular weight is 391 g/mol. The zero-order valence-corrected chi connectivity index (χ0v) is 16.2. The van der Waals surface area contributed by atoms with Crippen LogP contribution in [0.4, 0.5) is 0 Å². The summed E-state index contributed by atoms with van der Waals surface area (Å²) in [5, 5.41) is 10.1. The van der Waals surface area contributed by atoms with Gasteiger partial charge in [-0.15, -0.1) is 0 Å². The Morgan fingerprint density at radius 3 is 1.89 bits per heavy atom. The van der Waals surface area contributed by atoms with Gasteiger partial charge in [0.15, 0.2) is 9.84 Å². The molecule has 3 aromatic rings. The minimum atomic E-state index is -3.61. The second kappa shape index (κ2) is 7.74. The summed E-state index contributed by atoms with van der Waals surface area (Å²) in [4.78, 5) is 0.306. The molecule has 1 N–H and O–H groups in total. The first kappa shape index (κ1) is 18.7. The Balaban J connectivity index is 1.86. The maximum Gasteiger partial charge on any atom is 0.185 e. The number of aliphatic hydroxyl groups excluding tert-OH is 1. The summed E-state index contributed by atoms with van der Waals surface area (Å²) in [6, 6.07) is 27.7. The van der Waals surface area contributed by atoms with Crippen molar-refractivity contribution in [1.29, 1.82) is 0 Å². The summed E-state index contributed by atoms with van der Waals surface area (Å²) in [6.45, 7) is 0. The number of hydrogen-bond donors (Lipinski definition) is 1. The molecule has 3 nitrogen and oxygen atoms in total. The quantitative estimate of drug-likeness (QED) is 0.716. The first-order chi connectivity index (χ1) is 13.6. The molecule has 1 aliphatic carbocycles. The molecule has 0 bridgehead atoms. The van der Waals surface area contributed by atoms with E-state index in [0.29, 0.717) is 16.9 Å². The standard InChI is InChI=1S/C24H22O3S/c25-23-16-22(19-12-6-2-7-13-19)24(17-21(23)18-10-4-1-5-11-18)28(26,27)20-14-8-3-9-15-20/h1-15,17,22-25H,16H2/t22-,23-,24+/m1/s1. The van der Waals surface area contributed by atoms with Crippen LogP contribution in [0.5, 0.6) is 0 Å². The minimum absolute atomic E-state index is 0.306. The zero-order valence-electron chi connectivity index (χ0n) is 15.3. The molecule has 3 atom stereocenters. The van der Waals surface area contributed by atoms with Gasteiger partial charge < -0.3 is 5.11 Å². The third-order valence-corrected chi connectivity index (χ3v) is 7.45. The third-order valence-electron chi connectivity index (χ3n) is 5.34. The number of rotatable bonds is 4. The van der Waals surface area contributed by atoms with Crippen molar-refractivity contribution in [1.82, 2.24) is 0 Å². The van der Waals surface area contributed by atoms with Gasteiger partial charge in [0.2, 0.25) is 0 Å². The van der Waals surface area contributed by atoms with Crippen molar-refractivity contribution in [2.24, 2.45) is 0 Å². The Kier molecular flexibility index (Phi) is 5.16. The normalized spacial score (nSPS) is 22.5. The highest BCUT2D eigenvalue weighted by Crippen LogP contribution is 2.41. The van der Waals surface area contributed by atoms with Crippen LogP contribution in [0.3, 0.4) is 0 Å². The Morgan fingerprint density at radius 1 is 0.750 bits per heavy atom. The molecule has 0 radical (unpaired) electrons. The Bertz CT molecular complexity index is 1060. The van der Waals surface area contributed by atoms with E-state index in [4.69, 9.17) is 0 Å². The second-order valence-corrected chi connectivity index (χ2v) is 9.19. The van der Waals surface area contributed by atoms with Gasteiger partial charge in [0.25, 0.3) is 0 Å². The van der Waals surface area contributed by atoms with Crippen LogP contribution in [-0.4, -0.2) is 24.9 Å². The topological polar surface area (TPSA) is 54.4 Å². The second-order valence-electron chi connectivity index (χ2n) is 7.08. The first-order valence-corrected chi connectivity index (χ1v) is 10.9. The van der Waals surface area contributed by atoms with Crippen molar-refractivity contribution in [2.75, 3.05) is 0 Å². The molecule has 4 heteroatoms. The summed E-state index contributed by atoms with van der Waals surface area (Å²) in [5.74, 6) is -0.311. The van der Waals surface area contributed by atoms with Crippen LogP contribution in [-0.2, 0) is 9.84 Å². The highest BCUT2D eigenvalue weighted by atomic mass is 32.2. The molecular formula is C24H22O3S. The summed E-state index contributed by atoms with van der Waals surface area (Å²) in [6.07, 6.45) is 1.40. The molecule has 0 fully saturated rings. The van der Waals surface area contributed by atoms with Gasteiger partial charge in [-0.25, -0.2) is 8.42 Å². The van der Waals surface area contributed by atoms with Crippen molar-refractivity contribution < 1.29 is 13.5 Å². The van der Waals surface area contributed by atoms with Crippen molar-refractivity contribution in [3.8, 4) is 0 Å². The highest BCUT2D eigenvalue weighted by Gasteiger charge is 2.39. The van der Waals surface area contributed by atoms with Gasteiger partial charge in [-0.1, -0.05) is 84.9 Å². The summed E-state index contributed by atoms with van der Waals surface area (Å²) >= 11 is 0. The van der Waals surface area contributed by atoms with Crippen LogP contribution in [0.2, 0.25) is 0 Å². The van der Waals surface area contributed by atoms with Gasteiger partial charge in [-0.05, 0) is 35.3 Å². The van der Waals surface area contributed by atoms with E-state index in [0.717, 1.165) is 11.1 Å². The molecule has 0 amide bonds. The van der Waals surface area contributed by atoms with E-state index in [1.807, 2.05) is 66.7 Å². The van der Waals surface area contributed by atoms with Gasteiger partial charge in [0.05, 0.1) is 16.2 Å². The van der Waals surface area contributed by atoms with Crippen molar-refractivity contribution in [3.63, 3.8) is 0 Å². The predicted molar refractivity (Wildman–Crippen MR) is 112 cm³/mol. The fourth-order valence-corrected chi connectivity index (χ4v) is 5.80. The SMILES string of the molecule is O=S(=O)(c1ccccc1)[C@H]1C=C(c2ccccc2)[C@H](O)C[C@@H]1c1ccccc1. The van der Waals surface area contributed by atoms with Crippen LogP contribution >= 0.6 is 0 Å². The fourth-order valence-electron chi connectivity index (χ4n) is 3.92. The van der Waals surface area contributed by atoms with Crippen LogP contribution in [0.15, 0.2) is 102 Å². The lowest BCUT2D eigenvalue weighted by atomic mass is 9.80. The minimum Gasteiger partial charge on any atom is -0.388 e. The molecule has 28 heavy (non-hydrogen) atoms. The van der Waals surface area contributed by atoms with Gasteiger partial charge in [-0.3, -0.25) is 0 Å². The molecule has 0 heterocycles. The van der Waals surface area contributed by atoms with E-state index in [2.05, 4.69) is 0 Å². The van der Waals surface area contributed by atoms with E-state index in [-0.39, 0.29) is 5.92 Å². The van der Waals surface area contributed by atoms with Crippen LogP contribution in [0.1, 0.15) is 23.5 Å². The fraction of sp³-hybridized carbons (Fsp3) is 0.167. The van der Waals surface area contributed by atoms with Gasteiger partial charge >= 0.3 is 0 Å². The van der Waals surface area contributed by atoms with Crippen LogP contribution in [0.25, 0.3) is 5.57 Å². The van der Waals surface area contributed by atoms with Crippen LogP contribution < -0.4 is 0 Å². The third kappa shape index (κ3) is 3.53. The van der Waals surface area contributed by atoms with Gasteiger partial charge in [-0.2, -0.15) is 0 Å². The molecule has 0 aromatic heterocycles. The van der Waals surface area contributed by atoms with Crippen LogP contribution in [0, 0.1) is 0 Å². The molecule has 4 rings (SSSR count).